The molecule has 0 aliphatic rings. The minimum absolute atomic E-state index is 0.808. The lowest BCUT2D eigenvalue weighted by Crippen LogP contribution is -2.21. The van der Waals surface area contributed by atoms with Gasteiger partial charge in [0.15, 0.2) is 0 Å². The molecule has 0 aromatic heterocycles. The summed E-state index contributed by atoms with van der Waals surface area (Å²) in [7, 11) is 2.20. The molecular weight excluding hydrogens is 313 g/mol. The second-order valence-corrected chi connectivity index (χ2v) is 6.64. The lowest BCUT2D eigenvalue weighted by Gasteiger charge is -2.16. The fraction of sp³-hybridized carbons (Fsp3) is 0.368. The normalized spacial score (nSPS) is 11.1. The van der Waals surface area contributed by atoms with Crippen molar-refractivity contribution in [1.29, 1.82) is 0 Å². The first-order valence-electron chi connectivity index (χ1n) is 7.81. The van der Waals surface area contributed by atoms with Gasteiger partial charge in [0.05, 0.1) is 0 Å². The SMILES string of the molecule is CN(CCCc1ccc(Cl)cc1)CCCc1ccc(Cl)cc1. The molecule has 0 amide bonds. The zero-order chi connectivity index (χ0) is 15.8. The van der Waals surface area contributed by atoms with Gasteiger partial charge in [-0.2, -0.15) is 0 Å². The third kappa shape index (κ3) is 6.39. The van der Waals surface area contributed by atoms with Crippen LogP contribution in [0.25, 0.3) is 0 Å². The maximum atomic E-state index is 5.90. The van der Waals surface area contributed by atoms with Crippen LogP contribution < -0.4 is 0 Å². The summed E-state index contributed by atoms with van der Waals surface area (Å²) in [4.78, 5) is 2.41. The standard InChI is InChI=1S/C19H23Cl2N/c1-22(14-2-4-16-6-10-18(20)11-7-16)15-3-5-17-8-12-19(21)13-9-17/h6-13H,2-5,14-15H2,1H3. The Morgan fingerprint density at radius 2 is 1.05 bits per heavy atom. The Kier molecular flexibility index (Phi) is 7.24. The Morgan fingerprint density at radius 3 is 1.41 bits per heavy atom. The third-order valence-electron chi connectivity index (χ3n) is 3.84. The molecule has 0 bridgehead atoms. The van der Waals surface area contributed by atoms with Crippen molar-refractivity contribution in [2.75, 3.05) is 20.1 Å². The van der Waals surface area contributed by atoms with Crippen LogP contribution in [0.4, 0.5) is 0 Å². The molecule has 118 valence electrons. The van der Waals surface area contributed by atoms with Crippen molar-refractivity contribution in [3.63, 3.8) is 0 Å². The molecule has 0 unspecified atom stereocenters. The van der Waals surface area contributed by atoms with Gasteiger partial charge >= 0.3 is 0 Å². The molecule has 2 aromatic carbocycles. The highest BCUT2D eigenvalue weighted by Gasteiger charge is 2.00. The summed E-state index contributed by atoms with van der Waals surface area (Å²) < 4.78 is 0. The highest BCUT2D eigenvalue weighted by molar-refractivity contribution is 6.30. The molecular formula is C19H23Cl2N. The monoisotopic (exact) mass is 335 g/mol. The molecule has 0 fully saturated rings. The van der Waals surface area contributed by atoms with Crippen molar-refractivity contribution >= 4 is 23.2 Å². The maximum absolute atomic E-state index is 5.90. The zero-order valence-electron chi connectivity index (χ0n) is 13.1. The fourth-order valence-electron chi connectivity index (χ4n) is 2.52. The van der Waals surface area contributed by atoms with E-state index in [0.29, 0.717) is 0 Å². The van der Waals surface area contributed by atoms with Gasteiger partial charge in [0.1, 0.15) is 0 Å². The highest BCUT2D eigenvalue weighted by atomic mass is 35.5. The van der Waals surface area contributed by atoms with Crippen molar-refractivity contribution < 1.29 is 0 Å². The van der Waals surface area contributed by atoms with E-state index < -0.39 is 0 Å². The van der Waals surface area contributed by atoms with Crippen LogP contribution in [0.1, 0.15) is 24.0 Å². The van der Waals surface area contributed by atoms with Crippen molar-refractivity contribution in [3.05, 3.63) is 69.7 Å². The minimum Gasteiger partial charge on any atom is -0.306 e. The summed E-state index contributed by atoms with van der Waals surface area (Å²) in [6, 6.07) is 16.3. The van der Waals surface area contributed by atoms with Crippen LogP contribution in [0, 0.1) is 0 Å². The molecule has 0 N–H and O–H groups in total. The van der Waals surface area contributed by atoms with Gasteiger partial charge in [-0.1, -0.05) is 47.5 Å². The summed E-state index contributed by atoms with van der Waals surface area (Å²) in [6.07, 6.45) is 4.58. The molecule has 2 rings (SSSR count). The number of hydrogen-bond acceptors (Lipinski definition) is 1. The van der Waals surface area contributed by atoms with E-state index in [1.807, 2.05) is 24.3 Å². The van der Waals surface area contributed by atoms with Gasteiger partial charge in [-0.25, -0.2) is 0 Å². The Bertz CT molecular complexity index is 497. The van der Waals surface area contributed by atoms with Gasteiger partial charge in [-0.15, -0.1) is 0 Å². The van der Waals surface area contributed by atoms with Gasteiger partial charge in [0.25, 0.3) is 0 Å². The Morgan fingerprint density at radius 1 is 0.682 bits per heavy atom. The first-order valence-corrected chi connectivity index (χ1v) is 8.56. The number of halogens is 2. The van der Waals surface area contributed by atoms with E-state index in [2.05, 4.69) is 36.2 Å². The van der Waals surface area contributed by atoms with E-state index >= 15 is 0 Å². The number of hydrogen-bond donors (Lipinski definition) is 0. The lowest BCUT2D eigenvalue weighted by atomic mass is 10.1. The van der Waals surface area contributed by atoms with Crippen LogP contribution in [-0.4, -0.2) is 25.0 Å². The molecule has 0 saturated carbocycles. The second-order valence-electron chi connectivity index (χ2n) is 5.76. The van der Waals surface area contributed by atoms with Crippen LogP contribution in [0.2, 0.25) is 10.0 Å². The van der Waals surface area contributed by atoms with E-state index in [0.717, 1.165) is 36.0 Å². The smallest absolute Gasteiger partial charge is 0.0406 e. The molecule has 0 saturated heterocycles. The predicted octanol–water partition coefficient (Wildman–Crippen LogP) is 5.49. The van der Waals surface area contributed by atoms with Crippen LogP contribution in [0.5, 0.6) is 0 Å². The number of benzene rings is 2. The first kappa shape index (κ1) is 17.3. The first-order chi connectivity index (χ1) is 10.6. The van der Waals surface area contributed by atoms with Crippen LogP contribution in [0.15, 0.2) is 48.5 Å². The summed E-state index contributed by atoms with van der Waals surface area (Å²) in [5, 5.41) is 1.62. The van der Waals surface area contributed by atoms with Gasteiger partial charge in [-0.05, 0) is 81.2 Å². The summed E-state index contributed by atoms with van der Waals surface area (Å²) >= 11 is 11.8. The van der Waals surface area contributed by atoms with Crippen molar-refractivity contribution in [3.8, 4) is 0 Å². The van der Waals surface area contributed by atoms with Gasteiger partial charge in [0.2, 0.25) is 0 Å². The minimum atomic E-state index is 0.808. The maximum Gasteiger partial charge on any atom is 0.0406 e. The van der Waals surface area contributed by atoms with Crippen LogP contribution in [-0.2, 0) is 12.8 Å². The molecule has 3 heteroatoms. The molecule has 22 heavy (non-hydrogen) atoms. The Hall–Kier alpha value is -1.02. The number of rotatable bonds is 8. The molecule has 2 aromatic rings. The average Bonchev–Trinajstić information content (AvgIpc) is 2.51. The second kappa shape index (κ2) is 9.19. The summed E-state index contributed by atoms with van der Waals surface area (Å²) in [6.45, 7) is 2.26. The molecule has 0 atom stereocenters. The van der Waals surface area contributed by atoms with E-state index in [1.54, 1.807) is 0 Å². The van der Waals surface area contributed by atoms with Crippen LogP contribution in [0.3, 0.4) is 0 Å². The van der Waals surface area contributed by atoms with E-state index in [1.165, 1.54) is 24.0 Å². The molecule has 0 heterocycles. The quantitative estimate of drug-likeness (QED) is 0.616. The van der Waals surface area contributed by atoms with E-state index in [-0.39, 0.29) is 0 Å². The van der Waals surface area contributed by atoms with Gasteiger partial charge in [0, 0.05) is 10.0 Å². The largest absolute Gasteiger partial charge is 0.306 e. The zero-order valence-corrected chi connectivity index (χ0v) is 14.6. The van der Waals surface area contributed by atoms with Gasteiger partial charge in [-0.3, -0.25) is 0 Å². The molecule has 0 aliphatic carbocycles. The fourth-order valence-corrected chi connectivity index (χ4v) is 2.77. The van der Waals surface area contributed by atoms with Crippen molar-refractivity contribution in [2.24, 2.45) is 0 Å². The summed E-state index contributed by atoms with van der Waals surface area (Å²) in [5.74, 6) is 0. The average molecular weight is 336 g/mol. The highest BCUT2D eigenvalue weighted by Crippen LogP contribution is 2.12. The van der Waals surface area contributed by atoms with Crippen LogP contribution >= 0.6 is 23.2 Å². The number of aryl methyl sites for hydroxylation is 2. The topological polar surface area (TPSA) is 3.24 Å². The van der Waals surface area contributed by atoms with E-state index in [4.69, 9.17) is 23.2 Å². The Labute approximate surface area is 143 Å². The predicted molar refractivity (Wildman–Crippen MR) is 97.0 cm³/mol. The molecule has 1 nitrogen and oxygen atoms in total. The van der Waals surface area contributed by atoms with E-state index in [9.17, 15) is 0 Å². The molecule has 0 spiro atoms. The van der Waals surface area contributed by atoms with Crippen molar-refractivity contribution in [1.82, 2.24) is 4.90 Å². The Balaban J connectivity index is 1.60. The summed E-state index contributed by atoms with van der Waals surface area (Å²) in [5.41, 5.74) is 2.72. The molecule has 0 radical (unpaired) electrons. The van der Waals surface area contributed by atoms with Crippen molar-refractivity contribution in [2.45, 2.75) is 25.7 Å². The lowest BCUT2D eigenvalue weighted by molar-refractivity contribution is 0.325. The van der Waals surface area contributed by atoms with Gasteiger partial charge < -0.3 is 4.90 Å². The molecule has 0 aliphatic heterocycles. The number of nitrogens with zero attached hydrogens (tertiary/aromatic N) is 1. The third-order valence-corrected chi connectivity index (χ3v) is 4.34.